The topological polar surface area (TPSA) is 24.5 Å². The lowest BCUT2D eigenvalue weighted by Crippen LogP contribution is -2.52. The molecule has 2 saturated heterocycles. The van der Waals surface area contributed by atoms with E-state index in [0.29, 0.717) is 19.6 Å². The van der Waals surface area contributed by atoms with E-state index >= 15 is 0 Å². The van der Waals surface area contributed by atoms with Gasteiger partial charge in [-0.2, -0.15) is 0 Å². The second-order valence-corrected chi connectivity index (χ2v) is 4.42. The first-order valence-corrected chi connectivity index (χ1v) is 5.57. The Morgan fingerprint density at radius 2 is 2.33 bits per heavy atom. The normalized spacial score (nSPS) is 32.8. The molecule has 3 nitrogen and oxygen atoms in total. The van der Waals surface area contributed by atoms with Crippen LogP contribution < -0.4 is 5.32 Å². The minimum Gasteiger partial charge on any atom is -0.378 e. The van der Waals surface area contributed by atoms with Crippen molar-refractivity contribution >= 4 is 0 Å². The third-order valence-electron chi connectivity index (χ3n) is 2.95. The van der Waals surface area contributed by atoms with Crippen LogP contribution in [0.25, 0.3) is 0 Å². The molecule has 1 N–H and O–H groups in total. The molecule has 0 amide bonds. The van der Waals surface area contributed by atoms with Crippen molar-refractivity contribution in [1.29, 1.82) is 0 Å². The number of halogens is 2. The van der Waals surface area contributed by atoms with E-state index in [-0.39, 0.29) is 19.0 Å². The Labute approximate surface area is 88.8 Å². The average Bonchev–Trinajstić information content (AvgIpc) is 2.17. The first-order valence-electron chi connectivity index (χ1n) is 5.57. The minimum absolute atomic E-state index is 0.0398. The van der Waals surface area contributed by atoms with Gasteiger partial charge in [0.2, 0.25) is 0 Å². The predicted octanol–water partition coefficient (Wildman–Crippen LogP) is 0.706. The van der Waals surface area contributed by atoms with Gasteiger partial charge in [-0.05, 0) is 13.0 Å². The molecule has 0 aromatic rings. The number of ether oxygens (including phenoxy) is 1. The summed E-state index contributed by atoms with van der Waals surface area (Å²) < 4.78 is 31.5. The Balaban J connectivity index is 1.78. The van der Waals surface area contributed by atoms with Crippen LogP contribution in [0.2, 0.25) is 0 Å². The van der Waals surface area contributed by atoms with E-state index in [1.165, 1.54) is 0 Å². The van der Waals surface area contributed by atoms with Crippen molar-refractivity contribution in [3.05, 3.63) is 0 Å². The van der Waals surface area contributed by atoms with E-state index < -0.39 is 5.92 Å². The summed E-state index contributed by atoms with van der Waals surface area (Å²) >= 11 is 0. The van der Waals surface area contributed by atoms with Gasteiger partial charge in [0, 0.05) is 25.6 Å². The van der Waals surface area contributed by atoms with Crippen LogP contribution in [0.4, 0.5) is 8.78 Å². The van der Waals surface area contributed by atoms with Gasteiger partial charge in [-0.25, -0.2) is 8.78 Å². The number of hydrogen-bond acceptors (Lipinski definition) is 3. The number of alkyl halides is 2. The maximum absolute atomic E-state index is 13.1. The Hall–Kier alpha value is -0.260. The van der Waals surface area contributed by atoms with Crippen molar-refractivity contribution in [3.8, 4) is 0 Å². The minimum atomic E-state index is -2.49. The quantitative estimate of drug-likeness (QED) is 0.741. The van der Waals surface area contributed by atoms with Crippen LogP contribution >= 0.6 is 0 Å². The number of nitrogens with one attached hydrogen (secondary N) is 1. The molecule has 2 heterocycles. The summed E-state index contributed by atoms with van der Waals surface area (Å²) in [5, 5.41) is 3.28. The first-order chi connectivity index (χ1) is 7.16. The van der Waals surface area contributed by atoms with Crippen LogP contribution in [0.1, 0.15) is 12.8 Å². The van der Waals surface area contributed by atoms with E-state index in [2.05, 4.69) is 5.32 Å². The Bertz CT molecular complexity index is 208. The molecule has 5 heteroatoms. The fraction of sp³-hybridized carbons (Fsp3) is 1.00. The number of nitrogens with zero attached hydrogens (tertiary/aromatic N) is 1. The van der Waals surface area contributed by atoms with E-state index in [9.17, 15) is 8.78 Å². The molecular weight excluding hydrogens is 202 g/mol. The van der Waals surface area contributed by atoms with Gasteiger partial charge in [-0.15, -0.1) is 0 Å². The van der Waals surface area contributed by atoms with Crippen LogP contribution in [0.5, 0.6) is 0 Å². The SMILES string of the molecule is FC1(F)CCCN(CC2COCCN2)C1. The number of rotatable bonds is 2. The van der Waals surface area contributed by atoms with Gasteiger partial charge in [0.25, 0.3) is 5.92 Å². The Morgan fingerprint density at radius 1 is 1.47 bits per heavy atom. The first kappa shape index (κ1) is 11.2. The van der Waals surface area contributed by atoms with Gasteiger partial charge in [0.1, 0.15) is 0 Å². The number of hydrogen-bond donors (Lipinski definition) is 1. The molecule has 88 valence electrons. The maximum atomic E-state index is 13.1. The zero-order valence-electron chi connectivity index (χ0n) is 8.85. The highest BCUT2D eigenvalue weighted by molar-refractivity contribution is 4.82. The molecule has 0 spiro atoms. The van der Waals surface area contributed by atoms with Crippen molar-refractivity contribution in [1.82, 2.24) is 10.2 Å². The number of piperidine rings is 1. The van der Waals surface area contributed by atoms with E-state index in [1.54, 1.807) is 0 Å². The summed E-state index contributed by atoms with van der Waals surface area (Å²) in [6, 6.07) is 0.215. The number of likely N-dealkylation sites (tertiary alicyclic amines) is 1. The molecule has 0 aliphatic carbocycles. The van der Waals surface area contributed by atoms with Gasteiger partial charge in [-0.3, -0.25) is 4.90 Å². The Morgan fingerprint density at radius 3 is 3.00 bits per heavy atom. The largest absolute Gasteiger partial charge is 0.378 e. The highest BCUT2D eigenvalue weighted by Gasteiger charge is 2.35. The molecule has 0 aromatic heterocycles. The second-order valence-electron chi connectivity index (χ2n) is 4.42. The van der Waals surface area contributed by atoms with E-state index in [0.717, 1.165) is 19.7 Å². The van der Waals surface area contributed by atoms with Crippen LogP contribution in [0.3, 0.4) is 0 Å². The molecule has 0 radical (unpaired) electrons. The molecule has 2 fully saturated rings. The zero-order chi connectivity index (χ0) is 10.7. The van der Waals surface area contributed by atoms with Crippen LogP contribution in [0.15, 0.2) is 0 Å². The van der Waals surface area contributed by atoms with Crippen LogP contribution in [-0.4, -0.2) is 56.3 Å². The smallest absolute Gasteiger partial charge is 0.260 e. The van der Waals surface area contributed by atoms with Crippen LogP contribution in [-0.2, 0) is 4.74 Å². The lowest BCUT2D eigenvalue weighted by atomic mass is 10.1. The third kappa shape index (κ3) is 3.36. The standard InChI is InChI=1S/C10H18F2N2O/c11-10(12)2-1-4-14(8-10)6-9-7-15-5-3-13-9/h9,13H,1-8H2. The van der Waals surface area contributed by atoms with Crippen molar-refractivity contribution in [3.63, 3.8) is 0 Å². The molecule has 0 saturated carbocycles. The molecular formula is C10H18F2N2O. The number of morpholine rings is 1. The fourth-order valence-corrected chi connectivity index (χ4v) is 2.25. The average molecular weight is 220 g/mol. The molecule has 1 atom stereocenters. The molecule has 0 aromatic carbocycles. The van der Waals surface area contributed by atoms with Gasteiger partial charge >= 0.3 is 0 Å². The third-order valence-corrected chi connectivity index (χ3v) is 2.95. The lowest BCUT2D eigenvalue weighted by Gasteiger charge is -2.35. The Kier molecular flexibility index (Phi) is 3.53. The molecule has 0 bridgehead atoms. The summed E-state index contributed by atoms with van der Waals surface area (Å²) in [6.07, 6.45) is 0.638. The summed E-state index contributed by atoms with van der Waals surface area (Å²) in [6.45, 7) is 3.57. The summed E-state index contributed by atoms with van der Waals surface area (Å²) in [7, 11) is 0. The zero-order valence-corrected chi connectivity index (χ0v) is 8.85. The highest BCUT2D eigenvalue weighted by atomic mass is 19.3. The van der Waals surface area contributed by atoms with Gasteiger partial charge < -0.3 is 10.1 Å². The maximum Gasteiger partial charge on any atom is 0.260 e. The van der Waals surface area contributed by atoms with E-state index in [1.807, 2.05) is 4.90 Å². The van der Waals surface area contributed by atoms with Crippen molar-refractivity contribution < 1.29 is 13.5 Å². The predicted molar refractivity (Wildman–Crippen MR) is 53.2 cm³/mol. The van der Waals surface area contributed by atoms with Gasteiger partial charge in [0.05, 0.1) is 19.8 Å². The molecule has 15 heavy (non-hydrogen) atoms. The summed E-state index contributed by atoms with van der Waals surface area (Å²) in [5.41, 5.74) is 0. The summed E-state index contributed by atoms with van der Waals surface area (Å²) in [5.74, 6) is -2.49. The van der Waals surface area contributed by atoms with Crippen molar-refractivity contribution in [2.24, 2.45) is 0 Å². The monoisotopic (exact) mass is 220 g/mol. The van der Waals surface area contributed by atoms with Crippen molar-refractivity contribution in [2.75, 3.05) is 39.4 Å². The lowest BCUT2D eigenvalue weighted by molar-refractivity contribution is -0.0689. The fourth-order valence-electron chi connectivity index (χ4n) is 2.25. The second kappa shape index (κ2) is 4.72. The van der Waals surface area contributed by atoms with Crippen molar-refractivity contribution in [2.45, 2.75) is 24.8 Å². The summed E-state index contributed by atoms with van der Waals surface area (Å²) in [4.78, 5) is 1.84. The molecule has 2 aliphatic rings. The van der Waals surface area contributed by atoms with Gasteiger partial charge in [-0.1, -0.05) is 0 Å². The molecule has 1 unspecified atom stereocenters. The highest BCUT2D eigenvalue weighted by Crippen LogP contribution is 2.26. The van der Waals surface area contributed by atoms with E-state index in [4.69, 9.17) is 4.74 Å². The molecule has 2 rings (SSSR count). The molecule has 2 aliphatic heterocycles. The van der Waals surface area contributed by atoms with Crippen LogP contribution in [0, 0.1) is 0 Å². The van der Waals surface area contributed by atoms with Gasteiger partial charge in [0.15, 0.2) is 0 Å².